The first-order valence-corrected chi connectivity index (χ1v) is 8.31. The average molecular weight is 339 g/mol. The van der Waals surface area contributed by atoms with Crippen LogP contribution in [0.4, 0.5) is 0 Å². The lowest BCUT2D eigenvalue weighted by molar-refractivity contribution is 0.0737. The Morgan fingerprint density at radius 1 is 1.16 bits per heavy atom. The Morgan fingerprint density at radius 3 is 2.72 bits per heavy atom. The first kappa shape index (κ1) is 17.1. The summed E-state index contributed by atoms with van der Waals surface area (Å²) < 4.78 is 5.66. The average Bonchev–Trinajstić information content (AvgIpc) is 2.87. The fraction of sp³-hybridized carbons (Fsp3) is 0.316. The summed E-state index contributed by atoms with van der Waals surface area (Å²) in [5.41, 5.74) is 7.00. The van der Waals surface area contributed by atoms with E-state index < -0.39 is 5.91 Å². The Kier molecular flexibility index (Phi) is 5.40. The molecule has 6 heteroatoms. The van der Waals surface area contributed by atoms with E-state index in [1.165, 1.54) is 0 Å². The fourth-order valence-corrected chi connectivity index (χ4v) is 2.98. The lowest BCUT2D eigenvalue weighted by Crippen LogP contribution is -2.36. The molecule has 0 aliphatic carbocycles. The largest absolute Gasteiger partial charge is 0.379 e. The number of pyridine rings is 1. The summed E-state index contributed by atoms with van der Waals surface area (Å²) in [6, 6.07) is 14.5. The van der Waals surface area contributed by atoms with Crippen LogP contribution in [0.15, 0.2) is 48.5 Å². The van der Waals surface area contributed by atoms with Crippen LogP contribution in [-0.2, 0) is 11.2 Å². The molecule has 1 aliphatic rings. The third kappa shape index (κ3) is 4.42. The second-order valence-corrected chi connectivity index (χ2v) is 6.14. The zero-order valence-electron chi connectivity index (χ0n) is 13.9. The number of primary amides is 1. The molecule has 130 valence electrons. The number of hydrogen-bond donors (Lipinski definition) is 1. The van der Waals surface area contributed by atoms with Gasteiger partial charge in [0.1, 0.15) is 5.69 Å². The highest BCUT2D eigenvalue weighted by Gasteiger charge is 2.24. The number of amides is 2. The second kappa shape index (κ2) is 7.90. The molecule has 25 heavy (non-hydrogen) atoms. The number of ether oxygens (including phenoxy) is 1. The van der Waals surface area contributed by atoms with Gasteiger partial charge in [-0.05, 0) is 30.7 Å². The highest BCUT2D eigenvalue weighted by Crippen LogP contribution is 2.15. The first-order chi connectivity index (χ1) is 12.1. The van der Waals surface area contributed by atoms with Crippen molar-refractivity contribution in [3.05, 3.63) is 65.5 Å². The van der Waals surface area contributed by atoms with Crippen molar-refractivity contribution in [1.29, 1.82) is 0 Å². The van der Waals surface area contributed by atoms with Gasteiger partial charge in [0.15, 0.2) is 0 Å². The molecule has 1 aromatic heterocycles. The van der Waals surface area contributed by atoms with E-state index in [0.717, 1.165) is 5.69 Å². The summed E-state index contributed by atoms with van der Waals surface area (Å²) in [6.07, 6.45) is 0.625. The van der Waals surface area contributed by atoms with Crippen molar-refractivity contribution in [2.45, 2.75) is 6.42 Å². The van der Waals surface area contributed by atoms with E-state index in [2.05, 4.69) is 4.98 Å². The van der Waals surface area contributed by atoms with Crippen molar-refractivity contribution in [2.24, 2.45) is 11.7 Å². The van der Waals surface area contributed by atoms with Gasteiger partial charge < -0.3 is 15.4 Å². The van der Waals surface area contributed by atoms with Crippen molar-refractivity contribution in [1.82, 2.24) is 9.88 Å². The molecular weight excluding hydrogens is 318 g/mol. The van der Waals surface area contributed by atoms with Crippen LogP contribution in [0.1, 0.15) is 26.5 Å². The summed E-state index contributed by atoms with van der Waals surface area (Å²) in [4.78, 5) is 30.1. The maximum atomic E-state index is 12.7. The summed E-state index contributed by atoms with van der Waals surface area (Å²) in [6.45, 7) is 2.24. The summed E-state index contributed by atoms with van der Waals surface area (Å²) in [5.74, 6) is -0.416. The first-order valence-electron chi connectivity index (χ1n) is 8.31. The van der Waals surface area contributed by atoms with Crippen molar-refractivity contribution in [3.63, 3.8) is 0 Å². The van der Waals surface area contributed by atoms with Gasteiger partial charge in [-0.15, -0.1) is 0 Å². The van der Waals surface area contributed by atoms with Crippen LogP contribution >= 0.6 is 0 Å². The van der Waals surface area contributed by atoms with Gasteiger partial charge in [0.05, 0.1) is 13.2 Å². The highest BCUT2D eigenvalue weighted by atomic mass is 16.5. The van der Waals surface area contributed by atoms with E-state index in [-0.39, 0.29) is 17.5 Å². The van der Waals surface area contributed by atoms with Crippen LogP contribution in [-0.4, -0.2) is 48.0 Å². The Morgan fingerprint density at radius 2 is 1.96 bits per heavy atom. The normalized spacial score (nSPS) is 17.8. The smallest absolute Gasteiger partial charge is 0.267 e. The molecule has 1 aliphatic heterocycles. The maximum Gasteiger partial charge on any atom is 0.267 e. The molecule has 2 N–H and O–H groups in total. The van der Waals surface area contributed by atoms with Gasteiger partial charge in [0, 0.05) is 30.3 Å². The van der Waals surface area contributed by atoms with E-state index in [9.17, 15) is 9.59 Å². The number of carbonyl (C=O) groups is 2. The van der Waals surface area contributed by atoms with Crippen LogP contribution in [0.2, 0.25) is 0 Å². The second-order valence-electron chi connectivity index (χ2n) is 6.14. The molecule has 1 saturated heterocycles. The summed E-state index contributed by atoms with van der Waals surface area (Å²) in [7, 11) is 0. The molecule has 0 unspecified atom stereocenters. The summed E-state index contributed by atoms with van der Waals surface area (Å²) >= 11 is 0. The number of benzene rings is 1. The van der Waals surface area contributed by atoms with Gasteiger partial charge in [-0.3, -0.25) is 9.59 Å². The lowest BCUT2D eigenvalue weighted by Gasteiger charge is -2.23. The summed E-state index contributed by atoms with van der Waals surface area (Å²) in [5, 5.41) is 0. The SMILES string of the molecule is NC(=O)c1cccc(C[C@H]2COCCN(C(=O)c3ccccc3)C2)n1. The lowest BCUT2D eigenvalue weighted by atomic mass is 10.0. The van der Waals surface area contributed by atoms with Gasteiger partial charge in [0.2, 0.25) is 0 Å². The Labute approximate surface area is 146 Å². The monoisotopic (exact) mass is 339 g/mol. The van der Waals surface area contributed by atoms with E-state index >= 15 is 0 Å². The van der Waals surface area contributed by atoms with Gasteiger partial charge in [0.25, 0.3) is 11.8 Å². The predicted molar refractivity (Wildman–Crippen MR) is 93.1 cm³/mol. The molecule has 0 radical (unpaired) electrons. The maximum absolute atomic E-state index is 12.7. The molecular formula is C19H21N3O3. The van der Waals surface area contributed by atoms with Crippen molar-refractivity contribution < 1.29 is 14.3 Å². The highest BCUT2D eigenvalue weighted by molar-refractivity contribution is 5.94. The molecule has 2 aromatic rings. The number of carbonyl (C=O) groups excluding carboxylic acids is 2. The van der Waals surface area contributed by atoms with E-state index in [0.29, 0.717) is 38.3 Å². The van der Waals surface area contributed by atoms with Crippen LogP contribution in [0, 0.1) is 5.92 Å². The molecule has 2 amide bonds. The van der Waals surface area contributed by atoms with Gasteiger partial charge >= 0.3 is 0 Å². The third-order valence-electron chi connectivity index (χ3n) is 4.20. The molecule has 1 atom stereocenters. The molecule has 6 nitrogen and oxygen atoms in total. The Balaban J connectivity index is 1.71. The number of aromatic nitrogens is 1. The van der Waals surface area contributed by atoms with Gasteiger partial charge in [-0.2, -0.15) is 0 Å². The number of nitrogens with zero attached hydrogens (tertiary/aromatic N) is 2. The van der Waals surface area contributed by atoms with Gasteiger partial charge in [-0.25, -0.2) is 4.98 Å². The van der Waals surface area contributed by atoms with Crippen LogP contribution < -0.4 is 5.73 Å². The van der Waals surface area contributed by atoms with Crippen LogP contribution in [0.3, 0.4) is 0 Å². The minimum atomic E-state index is -0.542. The van der Waals surface area contributed by atoms with Crippen molar-refractivity contribution in [3.8, 4) is 0 Å². The zero-order chi connectivity index (χ0) is 17.6. The minimum absolute atomic E-state index is 0.00921. The van der Waals surface area contributed by atoms with Crippen molar-refractivity contribution >= 4 is 11.8 Å². The Bertz CT molecular complexity index is 749. The molecule has 0 spiro atoms. The van der Waals surface area contributed by atoms with E-state index in [4.69, 9.17) is 10.5 Å². The number of hydrogen-bond acceptors (Lipinski definition) is 4. The molecule has 2 heterocycles. The van der Waals surface area contributed by atoms with Crippen molar-refractivity contribution in [2.75, 3.05) is 26.3 Å². The molecule has 0 saturated carbocycles. The number of rotatable bonds is 4. The fourth-order valence-electron chi connectivity index (χ4n) is 2.98. The standard InChI is InChI=1S/C19H21N3O3/c20-18(23)17-8-4-7-16(21-17)11-14-12-22(9-10-25-13-14)19(24)15-5-2-1-3-6-15/h1-8,14H,9-13H2,(H2,20,23)/t14-/m1/s1. The quantitative estimate of drug-likeness (QED) is 0.915. The predicted octanol–water partition coefficient (Wildman–Crippen LogP) is 1.51. The minimum Gasteiger partial charge on any atom is -0.379 e. The zero-order valence-corrected chi connectivity index (χ0v) is 13.9. The topological polar surface area (TPSA) is 85.5 Å². The van der Waals surface area contributed by atoms with E-state index in [1.807, 2.05) is 41.3 Å². The van der Waals surface area contributed by atoms with Crippen LogP contribution in [0.25, 0.3) is 0 Å². The van der Waals surface area contributed by atoms with E-state index in [1.54, 1.807) is 12.1 Å². The molecule has 1 fully saturated rings. The molecule has 0 bridgehead atoms. The van der Waals surface area contributed by atoms with Crippen LogP contribution in [0.5, 0.6) is 0 Å². The molecule has 1 aromatic carbocycles. The Hall–Kier alpha value is -2.73. The molecule has 3 rings (SSSR count). The van der Waals surface area contributed by atoms with Gasteiger partial charge in [-0.1, -0.05) is 24.3 Å². The number of nitrogens with two attached hydrogens (primary N) is 1. The third-order valence-corrected chi connectivity index (χ3v) is 4.20.